The third kappa shape index (κ3) is 2.68. The first-order valence-corrected chi connectivity index (χ1v) is 5.31. The van der Waals surface area contributed by atoms with Crippen LogP contribution in [0.5, 0.6) is 0 Å². The van der Waals surface area contributed by atoms with Gasteiger partial charge in [0.15, 0.2) is 0 Å². The zero-order valence-electron chi connectivity index (χ0n) is 9.63. The van der Waals surface area contributed by atoms with Crippen LogP contribution in [-0.4, -0.2) is 36.2 Å². The van der Waals surface area contributed by atoms with Crippen LogP contribution < -0.4 is 0 Å². The van der Waals surface area contributed by atoms with Crippen molar-refractivity contribution >= 4 is 0 Å². The minimum Gasteiger partial charge on any atom is -0.374 e. The van der Waals surface area contributed by atoms with Gasteiger partial charge < -0.3 is 4.74 Å². The van der Waals surface area contributed by atoms with E-state index in [0.717, 1.165) is 19.7 Å². The maximum absolute atomic E-state index is 5.84. The van der Waals surface area contributed by atoms with Crippen LogP contribution in [0.15, 0.2) is 0 Å². The van der Waals surface area contributed by atoms with Crippen LogP contribution in [0.3, 0.4) is 0 Å². The summed E-state index contributed by atoms with van der Waals surface area (Å²) in [5.41, 5.74) is 0.0453. The van der Waals surface area contributed by atoms with E-state index in [2.05, 4.69) is 39.5 Å². The van der Waals surface area contributed by atoms with Gasteiger partial charge in [-0.2, -0.15) is 0 Å². The minimum atomic E-state index is 0.0453. The summed E-state index contributed by atoms with van der Waals surface area (Å²) in [7, 11) is 0. The fourth-order valence-corrected chi connectivity index (χ4v) is 1.70. The van der Waals surface area contributed by atoms with Crippen molar-refractivity contribution in [3.63, 3.8) is 0 Å². The summed E-state index contributed by atoms with van der Waals surface area (Å²) >= 11 is 0. The predicted molar refractivity (Wildman–Crippen MR) is 55.9 cm³/mol. The van der Waals surface area contributed by atoms with Crippen molar-refractivity contribution in [2.75, 3.05) is 19.7 Å². The summed E-state index contributed by atoms with van der Waals surface area (Å²) in [6.07, 6.45) is 0. The smallest absolute Gasteiger partial charge is 0.0664 e. The molecule has 0 spiro atoms. The minimum absolute atomic E-state index is 0.0453. The Morgan fingerprint density at radius 1 is 1.38 bits per heavy atom. The van der Waals surface area contributed by atoms with E-state index in [4.69, 9.17) is 4.74 Å². The van der Waals surface area contributed by atoms with Gasteiger partial charge in [-0.3, -0.25) is 4.90 Å². The van der Waals surface area contributed by atoms with Gasteiger partial charge in [-0.05, 0) is 33.6 Å². The van der Waals surface area contributed by atoms with Gasteiger partial charge in [-0.15, -0.1) is 0 Å². The summed E-state index contributed by atoms with van der Waals surface area (Å²) in [6.45, 7) is 14.3. The summed E-state index contributed by atoms with van der Waals surface area (Å²) < 4.78 is 5.84. The molecule has 1 fully saturated rings. The van der Waals surface area contributed by atoms with Gasteiger partial charge in [0.25, 0.3) is 0 Å². The summed E-state index contributed by atoms with van der Waals surface area (Å²) in [5.74, 6) is 0.609. The van der Waals surface area contributed by atoms with Gasteiger partial charge >= 0.3 is 0 Å². The van der Waals surface area contributed by atoms with Crippen molar-refractivity contribution in [2.24, 2.45) is 5.92 Å². The van der Waals surface area contributed by atoms with E-state index in [0.29, 0.717) is 12.0 Å². The fourth-order valence-electron chi connectivity index (χ4n) is 1.70. The maximum Gasteiger partial charge on any atom is 0.0664 e. The van der Waals surface area contributed by atoms with Gasteiger partial charge in [-0.1, -0.05) is 6.92 Å². The molecule has 1 saturated heterocycles. The molecule has 2 nitrogen and oxygen atoms in total. The molecule has 0 aliphatic carbocycles. The van der Waals surface area contributed by atoms with Gasteiger partial charge in [-0.25, -0.2) is 0 Å². The normalized spacial score (nSPS) is 30.5. The van der Waals surface area contributed by atoms with Gasteiger partial charge in [0.05, 0.1) is 12.2 Å². The molecule has 2 heteroatoms. The van der Waals surface area contributed by atoms with E-state index in [1.54, 1.807) is 0 Å². The van der Waals surface area contributed by atoms with E-state index in [1.807, 2.05) is 0 Å². The van der Waals surface area contributed by atoms with Crippen LogP contribution in [0, 0.1) is 5.92 Å². The van der Waals surface area contributed by atoms with Crippen LogP contribution in [0.25, 0.3) is 0 Å². The lowest BCUT2D eigenvalue weighted by Gasteiger charge is -2.31. The molecule has 13 heavy (non-hydrogen) atoms. The van der Waals surface area contributed by atoms with Crippen molar-refractivity contribution in [3.8, 4) is 0 Å². The Morgan fingerprint density at radius 3 is 2.54 bits per heavy atom. The molecule has 78 valence electrons. The molecule has 1 aliphatic rings. The Hall–Kier alpha value is -0.0800. The Labute approximate surface area is 82.3 Å². The zero-order chi connectivity index (χ0) is 10.1. The molecule has 1 rings (SSSR count). The lowest BCUT2D eigenvalue weighted by molar-refractivity contribution is -0.0379. The Balaban J connectivity index is 2.61. The number of hydrogen-bond acceptors (Lipinski definition) is 2. The molecule has 1 atom stereocenters. The van der Waals surface area contributed by atoms with Crippen molar-refractivity contribution in [1.29, 1.82) is 0 Å². The van der Waals surface area contributed by atoms with Crippen LogP contribution >= 0.6 is 0 Å². The molecule has 0 aromatic heterocycles. The lowest BCUT2D eigenvalue weighted by atomic mass is 9.92. The Kier molecular flexibility index (Phi) is 3.36. The number of hydrogen-bond donors (Lipinski definition) is 0. The molecular formula is C11H23NO. The third-order valence-corrected chi connectivity index (χ3v) is 3.28. The molecule has 0 saturated carbocycles. The van der Waals surface area contributed by atoms with Crippen molar-refractivity contribution in [2.45, 2.75) is 46.3 Å². The predicted octanol–water partition coefficient (Wildman–Crippen LogP) is 2.14. The highest BCUT2D eigenvalue weighted by atomic mass is 16.5. The second-order valence-corrected chi connectivity index (χ2v) is 4.94. The first kappa shape index (κ1) is 11.0. The second-order valence-electron chi connectivity index (χ2n) is 4.94. The lowest BCUT2D eigenvalue weighted by Crippen LogP contribution is -2.38. The van der Waals surface area contributed by atoms with Crippen LogP contribution in [0.4, 0.5) is 0 Å². The molecule has 1 unspecified atom stereocenters. The maximum atomic E-state index is 5.84. The standard InChI is InChI=1S/C11H23NO/c1-9(2)12-6-7-13-11(4,5)10(3)8-12/h9-10H,6-8H2,1-5H3. The highest BCUT2D eigenvalue weighted by Crippen LogP contribution is 2.25. The number of ether oxygens (including phenoxy) is 1. The summed E-state index contributed by atoms with van der Waals surface area (Å²) in [4.78, 5) is 2.50. The molecule has 0 bridgehead atoms. The first-order chi connectivity index (χ1) is 5.93. The molecule has 1 heterocycles. The van der Waals surface area contributed by atoms with Crippen LogP contribution in [-0.2, 0) is 4.74 Å². The number of nitrogens with zero attached hydrogens (tertiary/aromatic N) is 1. The molecular weight excluding hydrogens is 162 g/mol. The Bertz CT molecular complexity index is 165. The fraction of sp³-hybridized carbons (Fsp3) is 1.00. The highest BCUT2D eigenvalue weighted by Gasteiger charge is 2.31. The average Bonchev–Trinajstić information content (AvgIpc) is 2.12. The summed E-state index contributed by atoms with van der Waals surface area (Å²) in [6, 6.07) is 0.639. The SMILES string of the molecule is CC(C)N1CCOC(C)(C)C(C)C1. The zero-order valence-corrected chi connectivity index (χ0v) is 9.63. The number of rotatable bonds is 1. The van der Waals surface area contributed by atoms with E-state index in [-0.39, 0.29) is 5.60 Å². The van der Waals surface area contributed by atoms with Crippen LogP contribution in [0.1, 0.15) is 34.6 Å². The van der Waals surface area contributed by atoms with Gasteiger partial charge in [0.1, 0.15) is 0 Å². The van der Waals surface area contributed by atoms with E-state index < -0.39 is 0 Å². The molecule has 0 aromatic rings. The van der Waals surface area contributed by atoms with Gasteiger partial charge in [0, 0.05) is 19.1 Å². The molecule has 0 radical (unpaired) electrons. The summed E-state index contributed by atoms with van der Waals surface area (Å²) in [5, 5.41) is 0. The van der Waals surface area contributed by atoms with E-state index in [1.165, 1.54) is 0 Å². The molecule has 1 aliphatic heterocycles. The largest absolute Gasteiger partial charge is 0.374 e. The van der Waals surface area contributed by atoms with Crippen molar-refractivity contribution in [1.82, 2.24) is 4.90 Å². The van der Waals surface area contributed by atoms with E-state index in [9.17, 15) is 0 Å². The second kappa shape index (κ2) is 3.97. The quantitative estimate of drug-likeness (QED) is 0.620. The third-order valence-electron chi connectivity index (χ3n) is 3.28. The molecule has 0 amide bonds. The van der Waals surface area contributed by atoms with Crippen molar-refractivity contribution in [3.05, 3.63) is 0 Å². The van der Waals surface area contributed by atoms with Crippen LogP contribution in [0.2, 0.25) is 0 Å². The first-order valence-electron chi connectivity index (χ1n) is 5.31. The Morgan fingerprint density at radius 2 is 2.00 bits per heavy atom. The monoisotopic (exact) mass is 185 g/mol. The molecule has 0 aromatic carbocycles. The van der Waals surface area contributed by atoms with Crippen molar-refractivity contribution < 1.29 is 4.74 Å². The average molecular weight is 185 g/mol. The van der Waals surface area contributed by atoms with E-state index >= 15 is 0 Å². The van der Waals surface area contributed by atoms with Gasteiger partial charge in [0.2, 0.25) is 0 Å². The topological polar surface area (TPSA) is 12.5 Å². The molecule has 0 N–H and O–H groups in total. The highest BCUT2D eigenvalue weighted by molar-refractivity contribution is 4.82.